The molecule has 1 unspecified atom stereocenters. The number of benzene rings is 1. The van der Waals surface area contributed by atoms with Crippen molar-refractivity contribution in [2.75, 3.05) is 6.61 Å². The van der Waals surface area contributed by atoms with Crippen LogP contribution in [0.5, 0.6) is 5.75 Å². The first kappa shape index (κ1) is 13.4. The van der Waals surface area contributed by atoms with E-state index in [1.54, 1.807) is 6.07 Å². The van der Waals surface area contributed by atoms with Gasteiger partial charge in [0.05, 0.1) is 12.2 Å². The van der Waals surface area contributed by atoms with Gasteiger partial charge in [0.25, 0.3) is 0 Å². The van der Waals surface area contributed by atoms with Crippen LogP contribution in [0.4, 0.5) is 0 Å². The van der Waals surface area contributed by atoms with E-state index in [1.807, 2.05) is 18.2 Å². The molecule has 2 nitrogen and oxygen atoms in total. The maximum atomic E-state index is 9.97. The van der Waals surface area contributed by atoms with E-state index >= 15 is 0 Å². The Bertz CT molecular complexity index is 369. The Morgan fingerprint density at radius 2 is 1.89 bits per heavy atom. The maximum Gasteiger partial charge on any atom is 0.121 e. The molecule has 100 valence electrons. The van der Waals surface area contributed by atoms with Crippen LogP contribution in [0, 0.1) is 0 Å². The lowest BCUT2D eigenvalue weighted by atomic mass is 9.81. The molecular weight excluding hydrogens is 224 g/mol. The van der Waals surface area contributed by atoms with Crippen molar-refractivity contribution in [2.45, 2.75) is 57.5 Å². The van der Waals surface area contributed by atoms with Crippen molar-refractivity contribution in [1.29, 1.82) is 0 Å². The second kappa shape index (κ2) is 6.24. The van der Waals surface area contributed by atoms with E-state index in [9.17, 15) is 5.11 Å². The highest BCUT2D eigenvalue weighted by atomic mass is 16.5. The fourth-order valence-electron chi connectivity index (χ4n) is 2.77. The predicted octanol–water partition coefficient (Wildman–Crippen LogP) is 4.37. The first-order chi connectivity index (χ1) is 8.78. The Morgan fingerprint density at radius 3 is 2.50 bits per heavy atom. The molecule has 1 fully saturated rings. The molecule has 0 spiro atoms. The fraction of sp³-hybridized carbons (Fsp3) is 0.625. The second-order valence-corrected chi connectivity index (χ2v) is 5.27. The van der Waals surface area contributed by atoms with Crippen molar-refractivity contribution in [3.05, 3.63) is 29.8 Å². The van der Waals surface area contributed by atoms with Gasteiger partial charge in [-0.2, -0.15) is 0 Å². The molecule has 0 bridgehead atoms. The molecule has 1 aromatic carbocycles. The molecule has 1 atom stereocenters. The SMILES string of the molecule is CCCCCCCC1(c2ccccc2O)CCO1. The number of unbranched alkanes of at least 4 members (excludes halogenated alkanes) is 4. The van der Waals surface area contributed by atoms with Crippen molar-refractivity contribution in [2.24, 2.45) is 0 Å². The van der Waals surface area contributed by atoms with Gasteiger partial charge >= 0.3 is 0 Å². The van der Waals surface area contributed by atoms with Crippen LogP contribution in [0.25, 0.3) is 0 Å². The Kier molecular flexibility index (Phi) is 4.65. The molecule has 0 radical (unpaired) electrons. The zero-order valence-corrected chi connectivity index (χ0v) is 11.3. The number of phenols is 1. The molecule has 1 aromatic rings. The Labute approximate surface area is 110 Å². The zero-order chi connectivity index (χ0) is 12.8. The van der Waals surface area contributed by atoms with Gasteiger partial charge in [-0.05, 0) is 12.5 Å². The Hall–Kier alpha value is -1.02. The summed E-state index contributed by atoms with van der Waals surface area (Å²) in [5.41, 5.74) is 0.782. The number of rotatable bonds is 7. The number of hydrogen-bond donors (Lipinski definition) is 1. The molecule has 2 heteroatoms. The van der Waals surface area contributed by atoms with Gasteiger partial charge in [0.1, 0.15) is 5.75 Å². The van der Waals surface area contributed by atoms with Crippen LogP contribution in [0.1, 0.15) is 57.4 Å². The molecule has 1 N–H and O–H groups in total. The third kappa shape index (κ3) is 2.86. The molecule has 18 heavy (non-hydrogen) atoms. The van der Waals surface area contributed by atoms with Gasteiger partial charge in [-0.1, -0.05) is 57.2 Å². The number of ether oxygens (including phenoxy) is 1. The second-order valence-electron chi connectivity index (χ2n) is 5.27. The molecule has 1 aliphatic rings. The lowest BCUT2D eigenvalue weighted by molar-refractivity contribution is -0.160. The predicted molar refractivity (Wildman–Crippen MR) is 73.7 cm³/mol. The minimum Gasteiger partial charge on any atom is -0.508 e. The highest BCUT2D eigenvalue weighted by Gasteiger charge is 2.41. The summed E-state index contributed by atoms with van der Waals surface area (Å²) in [6.07, 6.45) is 8.45. The minimum absolute atomic E-state index is 0.197. The summed E-state index contributed by atoms with van der Waals surface area (Å²) in [6, 6.07) is 7.61. The summed E-state index contributed by atoms with van der Waals surface area (Å²) < 4.78 is 5.83. The first-order valence-electron chi connectivity index (χ1n) is 7.21. The Balaban J connectivity index is 1.92. The third-order valence-corrected chi connectivity index (χ3v) is 3.96. The van der Waals surface area contributed by atoms with Gasteiger partial charge in [0, 0.05) is 12.0 Å². The van der Waals surface area contributed by atoms with Crippen LogP contribution in [0.2, 0.25) is 0 Å². The van der Waals surface area contributed by atoms with Crippen molar-refractivity contribution < 1.29 is 9.84 Å². The first-order valence-corrected chi connectivity index (χ1v) is 7.21. The molecule has 1 aliphatic heterocycles. The van der Waals surface area contributed by atoms with Crippen molar-refractivity contribution in [3.8, 4) is 5.75 Å². The summed E-state index contributed by atoms with van der Waals surface area (Å²) in [5.74, 6) is 0.380. The van der Waals surface area contributed by atoms with Crippen molar-refractivity contribution >= 4 is 0 Å². The van der Waals surface area contributed by atoms with Gasteiger partial charge < -0.3 is 9.84 Å². The largest absolute Gasteiger partial charge is 0.508 e. The quantitative estimate of drug-likeness (QED) is 0.726. The van der Waals surface area contributed by atoms with E-state index in [4.69, 9.17) is 4.74 Å². The van der Waals surface area contributed by atoms with Gasteiger partial charge in [-0.15, -0.1) is 0 Å². The highest BCUT2D eigenvalue weighted by Crippen LogP contribution is 2.45. The van der Waals surface area contributed by atoms with E-state index in [-0.39, 0.29) is 5.60 Å². The summed E-state index contributed by atoms with van der Waals surface area (Å²) in [7, 11) is 0. The number of aromatic hydroxyl groups is 1. The van der Waals surface area contributed by atoms with Crippen LogP contribution in [0.3, 0.4) is 0 Å². The average molecular weight is 248 g/mol. The summed E-state index contributed by atoms with van der Waals surface area (Å²) in [6.45, 7) is 3.06. The van der Waals surface area contributed by atoms with Crippen LogP contribution in [0.15, 0.2) is 24.3 Å². The topological polar surface area (TPSA) is 29.5 Å². The van der Waals surface area contributed by atoms with Gasteiger partial charge in [-0.3, -0.25) is 0 Å². The van der Waals surface area contributed by atoms with Crippen LogP contribution >= 0.6 is 0 Å². The summed E-state index contributed by atoms with van der Waals surface area (Å²) in [5, 5.41) is 9.97. The van der Waals surface area contributed by atoms with E-state index in [0.717, 1.165) is 25.0 Å². The Morgan fingerprint density at radius 1 is 1.17 bits per heavy atom. The van der Waals surface area contributed by atoms with Gasteiger partial charge in [0.2, 0.25) is 0 Å². The zero-order valence-electron chi connectivity index (χ0n) is 11.3. The van der Waals surface area contributed by atoms with Gasteiger partial charge in [-0.25, -0.2) is 0 Å². The lowest BCUT2D eigenvalue weighted by Crippen LogP contribution is -2.40. The molecular formula is C16H24O2. The smallest absolute Gasteiger partial charge is 0.121 e. The van der Waals surface area contributed by atoms with E-state index < -0.39 is 0 Å². The molecule has 0 saturated carbocycles. The van der Waals surface area contributed by atoms with Crippen molar-refractivity contribution in [1.82, 2.24) is 0 Å². The van der Waals surface area contributed by atoms with Crippen LogP contribution in [-0.2, 0) is 10.3 Å². The highest BCUT2D eigenvalue weighted by molar-refractivity contribution is 5.37. The third-order valence-electron chi connectivity index (χ3n) is 3.96. The van der Waals surface area contributed by atoms with Crippen LogP contribution in [-0.4, -0.2) is 11.7 Å². The molecule has 1 heterocycles. The molecule has 2 rings (SSSR count). The standard InChI is InChI=1S/C16H24O2/c1-2-3-4-5-8-11-16(12-13-18-16)14-9-6-7-10-15(14)17/h6-7,9-10,17H,2-5,8,11-13H2,1H3. The van der Waals surface area contributed by atoms with Gasteiger partial charge in [0.15, 0.2) is 0 Å². The normalized spacial score (nSPS) is 22.7. The number of hydrogen-bond acceptors (Lipinski definition) is 2. The fourth-order valence-corrected chi connectivity index (χ4v) is 2.77. The summed E-state index contributed by atoms with van der Waals surface area (Å²) in [4.78, 5) is 0. The summed E-state index contributed by atoms with van der Waals surface area (Å²) >= 11 is 0. The lowest BCUT2D eigenvalue weighted by Gasteiger charge is -2.43. The number of para-hydroxylation sites is 1. The molecule has 1 saturated heterocycles. The number of phenolic OH excluding ortho intramolecular Hbond substituents is 1. The van der Waals surface area contributed by atoms with Crippen molar-refractivity contribution in [3.63, 3.8) is 0 Å². The molecule has 0 aromatic heterocycles. The molecule has 0 aliphatic carbocycles. The maximum absolute atomic E-state index is 9.97. The average Bonchev–Trinajstić information content (AvgIpc) is 2.33. The van der Waals surface area contributed by atoms with Crippen LogP contribution < -0.4 is 0 Å². The van der Waals surface area contributed by atoms with E-state index in [0.29, 0.717) is 5.75 Å². The minimum atomic E-state index is -0.197. The molecule has 0 amide bonds. The van der Waals surface area contributed by atoms with E-state index in [2.05, 4.69) is 6.92 Å². The monoisotopic (exact) mass is 248 g/mol. The van der Waals surface area contributed by atoms with E-state index in [1.165, 1.54) is 32.1 Å².